The third-order valence-corrected chi connectivity index (χ3v) is 4.77. The predicted molar refractivity (Wildman–Crippen MR) is 76.7 cm³/mol. The monoisotopic (exact) mass is 298 g/mol. The lowest BCUT2D eigenvalue weighted by molar-refractivity contribution is -0.180. The molecule has 6 nitrogen and oxygen atoms in total. The molecule has 2 saturated heterocycles. The summed E-state index contributed by atoms with van der Waals surface area (Å²) in [6, 6.07) is 0.227. The number of amides is 1. The molecule has 21 heavy (non-hydrogen) atoms. The number of hydrogen-bond acceptors (Lipinski definition) is 5. The fourth-order valence-corrected chi connectivity index (χ4v) is 3.64. The van der Waals surface area contributed by atoms with E-state index in [1.807, 2.05) is 4.90 Å². The molecule has 1 saturated carbocycles. The molecule has 0 aromatic carbocycles. The van der Waals surface area contributed by atoms with Crippen molar-refractivity contribution in [3.05, 3.63) is 0 Å². The van der Waals surface area contributed by atoms with Gasteiger partial charge >= 0.3 is 0 Å². The third kappa shape index (κ3) is 3.94. The molecule has 0 aromatic rings. The van der Waals surface area contributed by atoms with Crippen LogP contribution in [0.4, 0.5) is 0 Å². The number of likely N-dealkylation sites (tertiary alicyclic amines) is 1. The van der Waals surface area contributed by atoms with Gasteiger partial charge in [0.2, 0.25) is 5.91 Å². The summed E-state index contributed by atoms with van der Waals surface area (Å²) in [7, 11) is 0. The van der Waals surface area contributed by atoms with Crippen LogP contribution < -0.4 is 5.32 Å². The van der Waals surface area contributed by atoms with Gasteiger partial charge in [0.05, 0.1) is 25.9 Å². The minimum absolute atomic E-state index is 0.0679. The SMILES string of the molecule is O=C(CN1CCCC(O)C1)NC1CCC2(CC1)OCCO2. The number of nitrogens with one attached hydrogen (secondary N) is 1. The molecular weight excluding hydrogens is 272 g/mol. The molecular formula is C15H26N2O4. The van der Waals surface area contributed by atoms with Crippen LogP contribution in [-0.4, -0.2) is 66.7 Å². The van der Waals surface area contributed by atoms with Crippen LogP contribution in [-0.2, 0) is 14.3 Å². The quantitative estimate of drug-likeness (QED) is 0.781. The van der Waals surface area contributed by atoms with E-state index in [1.54, 1.807) is 0 Å². The molecule has 6 heteroatoms. The van der Waals surface area contributed by atoms with Crippen LogP contribution in [0.15, 0.2) is 0 Å². The second kappa shape index (κ2) is 6.60. The molecule has 1 spiro atoms. The maximum Gasteiger partial charge on any atom is 0.234 e. The highest BCUT2D eigenvalue weighted by Gasteiger charge is 2.40. The Bertz CT molecular complexity index is 361. The van der Waals surface area contributed by atoms with Crippen molar-refractivity contribution in [2.45, 2.75) is 56.5 Å². The summed E-state index contributed by atoms with van der Waals surface area (Å²) in [6.07, 6.45) is 5.08. The van der Waals surface area contributed by atoms with E-state index < -0.39 is 0 Å². The fourth-order valence-electron chi connectivity index (χ4n) is 3.64. The number of nitrogens with zero attached hydrogens (tertiary/aromatic N) is 1. The zero-order valence-corrected chi connectivity index (χ0v) is 12.6. The molecule has 1 atom stereocenters. The number of carbonyl (C=O) groups is 1. The van der Waals surface area contributed by atoms with Gasteiger partial charge in [0.25, 0.3) is 0 Å². The molecule has 3 aliphatic rings. The van der Waals surface area contributed by atoms with E-state index in [2.05, 4.69) is 5.32 Å². The van der Waals surface area contributed by atoms with Crippen LogP contribution in [0.2, 0.25) is 0 Å². The summed E-state index contributed by atoms with van der Waals surface area (Å²) in [5.74, 6) is -0.295. The first-order valence-corrected chi connectivity index (χ1v) is 8.13. The zero-order valence-electron chi connectivity index (χ0n) is 12.6. The van der Waals surface area contributed by atoms with Gasteiger partial charge in [0, 0.05) is 25.4 Å². The van der Waals surface area contributed by atoms with Crippen LogP contribution in [0.1, 0.15) is 38.5 Å². The molecule has 2 N–H and O–H groups in total. The van der Waals surface area contributed by atoms with Gasteiger partial charge in [-0.15, -0.1) is 0 Å². The topological polar surface area (TPSA) is 71.0 Å². The van der Waals surface area contributed by atoms with Crippen molar-refractivity contribution in [1.82, 2.24) is 10.2 Å². The van der Waals surface area contributed by atoms with Gasteiger partial charge in [-0.3, -0.25) is 9.69 Å². The maximum absolute atomic E-state index is 12.1. The maximum atomic E-state index is 12.1. The Hall–Kier alpha value is -0.690. The summed E-state index contributed by atoms with van der Waals surface area (Å²) in [4.78, 5) is 14.1. The largest absolute Gasteiger partial charge is 0.392 e. The third-order valence-electron chi connectivity index (χ3n) is 4.77. The van der Waals surface area contributed by atoms with Crippen molar-refractivity contribution in [3.63, 3.8) is 0 Å². The molecule has 0 radical (unpaired) electrons. The summed E-state index contributed by atoms with van der Waals surface area (Å²) in [5.41, 5.74) is 0. The summed E-state index contributed by atoms with van der Waals surface area (Å²) >= 11 is 0. The Kier molecular flexibility index (Phi) is 4.78. The van der Waals surface area contributed by atoms with E-state index in [1.165, 1.54) is 0 Å². The van der Waals surface area contributed by atoms with Crippen LogP contribution in [0.5, 0.6) is 0 Å². The Labute approximate surface area is 125 Å². The fraction of sp³-hybridized carbons (Fsp3) is 0.933. The minimum atomic E-state index is -0.363. The van der Waals surface area contributed by atoms with Gasteiger partial charge in [-0.25, -0.2) is 0 Å². The zero-order chi connectivity index (χ0) is 14.7. The van der Waals surface area contributed by atoms with E-state index in [9.17, 15) is 9.90 Å². The van der Waals surface area contributed by atoms with Gasteiger partial charge in [-0.1, -0.05) is 0 Å². The number of β-amino-alcohol motifs (C(OH)–C–C–N with tert-alkyl or cyclic N) is 1. The van der Waals surface area contributed by atoms with Gasteiger partial charge < -0.3 is 19.9 Å². The Morgan fingerprint density at radius 3 is 2.62 bits per heavy atom. The minimum Gasteiger partial charge on any atom is -0.392 e. The normalized spacial score (nSPS) is 30.6. The first kappa shape index (κ1) is 15.2. The summed E-state index contributed by atoms with van der Waals surface area (Å²) < 4.78 is 11.4. The average Bonchev–Trinajstić information content (AvgIpc) is 2.90. The van der Waals surface area contributed by atoms with Gasteiger partial charge in [-0.2, -0.15) is 0 Å². The van der Waals surface area contributed by atoms with Crippen LogP contribution in [0.3, 0.4) is 0 Å². The van der Waals surface area contributed by atoms with Crippen molar-refractivity contribution in [2.24, 2.45) is 0 Å². The molecule has 1 unspecified atom stereocenters. The molecule has 1 amide bonds. The molecule has 0 bridgehead atoms. The summed E-state index contributed by atoms with van der Waals surface area (Å²) in [6.45, 7) is 3.29. The van der Waals surface area contributed by atoms with E-state index in [0.29, 0.717) is 26.3 Å². The number of aliphatic hydroxyl groups excluding tert-OH is 1. The molecule has 1 aliphatic carbocycles. The lowest BCUT2D eigenvalue weighted by Crippen LogP contribution is -2.48. The van der Waals surface area contributed by atoms with Crippen LogP contribution in [0.25, 0.3) is 0 Å². The summed E-state index contributed by atoms with van der Waals surface area (Å²) in [5, 5.41) is 12.7. The number of hydrogen-bond donors (Lipinski definition) is 2. The highest BCUT2D eigenvalue weighted by Crippen LogP contribution is 2.35. The molecule has 3 rings (SSSR count). The predicted octanol–water partition coefficient (Wildman–Crippen LogP) is 0.245. The molecule has 120 valence electrons. The van der Waals surface area contributed by atoms with E-state index >= 15 is 0 Å². The second-order valence-corrected chi connectivity index (χ2v) is 6.48. The Morgan fingerprint density at radius 1 is 1.24 bits per heavy atom. The van der Waals surface area contributed by atoms with Crippen molar-refractivity contribution in [2.75, 3.05) is 32.8 Å². The van der Waals surface area contributed by atoms with E-state index in [4.69, 9.17) is 9.47 Å². The Balaban J connectivity index is 1.39. The van der Waals surface area contributed by atoms with Crippen LogP contribution >= 0.6 is 0 Å². The van der Waals surface area contributed by atoms with Gasteiger partial charge in [0.1, 0.15) is 0 Å². The first-order chi connectivity index (χ1) is 10.2. The number of piperidine rings is 1. The lowest BCUT2D eigenvalue weighted by Gasteiger charge is -2.36. The smallest absolute Gasteiger partial charge is 0.234 e. The van der Waals surface area contributed by atoms with E-state index in [0.717, 1.165) is 45.1 Å². The number of carbonyl (C=O) groups excluding carboxylic acids is 1. The highest BCUT2D eigenvalue weighted by molar-refractivity contribution is 5.78. The number of ether oxygens (including phenoxy) is 2. The second-order valence-electron chi connectivity index (χ2n) is 6.48. The first-order valence-electron chi connectivity index (χ1n) is 8.13. The molecule has 2 aliphatic heterocycles. The lowest BCUT2D eigenvalue weighted by atomic mass is 9.90. The van der Waals surface area contributed by atoms with Crippen LogP contribution in [0, 0.1) is 0 Å². The molecule has 2 heterocycles. The number of aliphatic hydroxyl groups is 1. The standard InChI is InChI=1S/C15H26N2O4/c18-13-2-1-7-17(10-13)11-14(19)16-12-3-5-15(6-4-12)20-8-9-21-15/h12-13,18H,1-11H2,(H,16,19). The van der Waals surface area contributed by atoms with Crippen molar-refractivity contribution < 1.29 is 19.4 Å². The molecule has 0 aromatic heterocycles. The van der Waals surface area contributed by atoms with Gasteiger partial charge in [0.15, 0.2) is 5.79 Å². The highest BCUT2D eigenvalue weighted by atomic mass is 16.7. The van der Waals surface area contributed by atoms with Gasteiger partial charge in [-0.05, 0) is 32.2 Å². The number of rotatable bonds is 3. The van der Waals surface area contributed by atoms with Crippen molar-refractivity contribution >= 4 is 5.91 Å². The molecule has 3 fully saturated rings. The van der Waals surface area contributed by atoms with Crippen molar-refractivity contribution in [3.8, 4) is 0 Å². The Morgan fingerprint density at radius 2 is 1.95 bits per heavy atom. The van der Waals surface area contributed by atoms with E-state index in [-0.39, 0.29) is 23.8 Å². The van der Waals surface area contributed by atoms with Crippen molar-refractivity contribution in [1.29, 1.82) is 0 Å². The average molecular weight is 298 g/mol.